The summed E-state index contributed by atoms with van der Waals surface area (Å²) < 4.78 is 0. The summed E-state index contributed by atoms with van der Waals surface area (Å²) in [5.74, 6) is 0.0846. The normalized spacial score (nSPS) is 13.7. The van der Waals surface area contributed by atoms with Crippen molar-refractivity contribution in [3.63, 3.8) is 0 Å². The van der Waals surface area contributed by atoms with E-state index in [0.29, 0.717) is 19.4 Å². The highest BCUT2D eigenvalue weighted by Crippen LogP contribution is 2.37. The Balaban J connectivity index is 1.27. The lowest BCUT2D eigenvalue weighted by molar-refractivity contribution is -0.121. The zero-order valence-electron chi connectivity index (χ0n) is 16.7. The molecular formula is C25H26N2O2. The second kappa shape index (κ2) is 8.48. The summed E-state index contributed by atoms with van der Waals surface area (Å²) >= 11 is 0. The molecule has 0 aliphatic carbocycles. The van der Waals surface area contributed by atoms with E-state index in [9.17, 15) is 9.59 Å². The molecular weight excluding hydrogens is 360 g/mol. The fourth-order valence-electron chi connectivity index (χ4n) is 4.05. The molecule has 0 fully saturated rings. The van der Waals surface area contributed by atoms with Crippen molar-refractivity contribution in [1.29, 1.82) is 0 Å². The summed E-state index contributed by atoms with van der Waals surface area (Å²) in [7, 11) is 0. The zero-order valence-corrected chi connectivity index (χ0v) is 16.7. The highest BCUT2D eigenvalue weighted by Gasteiger charge is 2.29. The minimum absolute atomic E-state index is 0.0356. The molecule has 1 N–H and O–H groups in total. The third kappa shape index (κ3) is 4.16. The van der Waals surface area contributed by atoms with E-state index in [1.165, 1.54) is 5.56 Å². The Hall–Kier alpha value is -3.14. The fraction of sp³-hybridized carbons (Fsp3) is 0.280. The van der Waals surface area contributed by atoms with Gasteiger partial charge in [0.2, 0.25) is 5.91 Å². The lowest BCUT2D eigenvalue weighted by Crippen LogP contribution is -2.34. The molecule has 1 atom stereocenters. The number of carbonyl (C=O) groups excluding carboxylic acids is 2. The van der Waals surface area contributed by atoms with E-state index >= 15 is 0 Å². The predicted octanol–water partition coefficient (Wildman–Crippen LogP) is 4.72. The average Bonchev–Trinajstić information content (AvgIpc) is 3.01. The second-order valence-corrected chi connectivity index (χ2v) is 7.73. The molecule has 0 radical (unpaired) electrons. The highest BCUT2D eigenvalue weighted by molar-refractivity contribution is 6.25. The van der Waals surface area contributed by atoms with E-state index in [1.54, 1.807) is 0 Å². The summed E-state index contributed by atoms with van der Waals surface area (Å²) in [6.07, 6.45) is 2.93. The Morgan fingerprint density at radius 3 is 2.55 bits per heavy atom. The van der Waals surface area contributed by atoms with Crippen LogP contribution in [0.2, 0.25) is 0 Å². The molecule has 0 saturated heterocycles. The summed E-state index contributed by atoms with van der Waals surface area (Å²) in [6.45, 7) is 2.60. The number of hydrogen-bond acceptors (Lipinski definition) is 2. The largest absolute Gasteiger partial charge is 0.354 e. The molecule has 0 bridgehead atoms. The number of amides is 2. The number of benzene rings is 3. The minimum Gasteiger partial charge on any atom is -0.354 e. The van der Waals surface area contributed by atoms with Crippen LogP contribution in [0.1, 0.15) is 42.1 Å². The molecule has 0 spiro atoms. The van der Waals surface area contributed by atoms with Crippen LogP contribution in [0, 0.1) is 0 Å². The molecule has 3 aromatic rings. The van der Waals surface area contributed by atoms with Crippen LogP contribution in [0.25, 0.3) is 10.8 Å². The quantitative estimate of drug-likeness (QED) is 0.609. The SMILES string of the molecule is C[C@@H](CCc1ccccc1)NC(=O)CCCN1C(=O)c2cccc3cccc1c23. The molecule has 1 aliphatic heterocycles. The van der Waals surface area contributed by atoms with Crippen molar-refractivity contribution >= 4 is 28.3 Å². The van der Waals surface area contributed by atoms with Crippen LogP contribution in [0.4, 0.5) is 5.69 Å². The van der Waals surface area contributed by atoms with E-state index in [1.807, 2.05) is 66.4 Å². The van der Waals surface area contributed by atoms with Gasteiger partial charge in [-0.05, 0) is 49.3 Å². The van der Waals surface area contributed by atoms with Crippen LogP contribution in [0.5, 0.6) is 0 Å². The van der Waals surface area contributed by atoms with Crippen molar-refractivity contribution in [2.75, 3.05) is 11.4 Å². The van der Waals surface area contributed by atoms with Gasteiger partial charge in [0.05, 0.1) is 5.69 Å². The summed E-state index contributed by atoms with van der Waals surface area (Å²) in [6, 6.07) is 22.3. The third-order valence-corrected chi connectivity index (χ3v) is 5.55. The topological polar surface area (TPSA) is 49.4 Å². The number of carbonyl (C=O) groups is 2. The Morgan fingerprint density at radius 1 is 1.00 bits per heavy atom. The molecule has 4 rings (SSSR count). The van der Waals surface area contributed by atoms with Gasteiger partial charge >= 0.3 is 0 Å². The molecule has 0 aromatic heterocycles. The van der Waals surface area contributed by atoms with Crippen LogP contribution in [0.3, 0.4) is 0 Å². The van der Waals surface area contributed by atoms with Crippen molar-refractivity contribution < 1.29 is 9.59 Å². The lowest BCUT2D eigenvalue weighted by Gasteiger charge is -2.18. The zero-order chi connectivity index (χ0) is 20.2. The van der Waals surface area contributed by atoms with Gasteiger partial charge in [-0.1, -0.05) is 54.6 Å². The molecule has 1 heterocycles. The van der Waals surface area contributed by atoms with E-state index in [-0.39, 0.29) is 17.9 Å². The van der Waals surface area contributed by atoms with Crippen molar-refractivity contribution in [1.82, 2.24) is 5.32 Å². The van der Waals surface area contributed by atoms with Crippen LogP contribution >= 0.6 is 0 Å². The Kier molecular flexibility index (Phi) is 5.61. The standard InChI is InChI=1S/C25H26N2O2/c1-18(15-16-19-8-3-2-4-9-19)26-23(28)14-7-17-27-22-13-6-11-20-10-5-12-21(24(20)22)25(27)29/h2-6,8-13,18H,7,14-17H2,1H3,(H,26,28)/t18-/m0/s1. The van der Waals surface area contributed by atoms with Gasteiger partial charge in [-0.15, -0.1) is 0 Å². The average molecular weight is 386 g/mol. The van der Waals surface area contributed by atoms with E-state index in [0.717, 1.165) is 34.9 Å². The third-order valence-electron chi connectivity index (χ3n) is 5.55. The Morgan fingerprint density at radius 2 is 1.76 bits per heavy atom. The van der Waals surface area contributed by atoms with Gasteiger partial charge in [0.1, 0.15) is 0 Å². The molecule has 148 valence electrons. The summed E-state index contributed by atoms with van der Waals surface area (Å²) in [5, 5.41) is 5.19. The molecule has 4 heteroatoms. The van der Waals surface area contributed by atoms with Gasteiger partial charge in [-0.3, -0.25) is 9.59 Å². The van der Waals surface area contributed by atoms with Crippen LogP contribution < -0.4 is 10.2 Å². The molecule has 0 unspecified atom stereocenters. The first-order chi connectivity index (χ1) is 14.1. The molecule has 0 saturated carbocycles. The Labute approximate surface area is 171 Å². The van der Waals surface area contributed by atoms with Crippen LogP contribution in [0.15, 0.2) is 66.7 Å². The smallest absolute Gasteiger partial charge is 0.258 e. The van der Waals surface area contributed by atoms with E-state index in [2.05, 4.69) is 17.4 Å². The summed E-state index contributed by atoms with van der Waals surface area (Å²) in [5.41, 5.74) is 3.01. The minimum atomic E-state index is 0.0356. The van der Waals surface area contributed by atoms with Crippen molar-refractivity contribution in [3.8, 4) is 0 Å². The van der Waals surface area contributed by atoms with Gasteiger partial charge < -0.3 is 10.2 Å². The number of nitrogens with one attached hydrogen (secondary N) is 1. The van der Waals surface area contributed by atoms with Gasteiger partial charge in [0.25, 0.3) is 5.91 Å². The molecule has 29 heavy (non-hydrogen) atoms. The first-order valence-corrected chi connectivity index (χ1v) is 10.3. The van der Waals surface area contributed by atoms with E-state index in [4.69, 9.17) is 0 Å². The first-order valence-electron chi connectivity index (χ1n) is 10.3. The molecule has 2 amide bonds. The van der Waals surface area contributed by atoms with Gasteiger partial charge in [0, 0.05) is 30.0 Å². The number of nitrogens with zero attached hydrogens (tertiary/aromatic N) is 1. The lowest BCUT2D eigenvalue weighted by atomic mass is 10.1. The Bertz CT molecular complexity index is 1020. The first kappa shape index (κ1) is 19.2. The molecule has 1 aliphatic rings. The number of aryl methyl sites for hydroxylation is 1. The van der Waals surface area contributed by atoms with E-state index < -0.39 is 0 Å². The number of anilines is 1. The van der Waals surface area contributed by atoms with Crippen molar-refractivity contribution in [2.24, 2.45) is 0 Å². The van der Waals surface area contributed by atoms with Gasteiger partial charge in [-0.2, -0.15) is 0 Å². The highest BCUT2D eigenvalue weighted by atomic mass is 16.2. The van der Waals surface area contributed by atoms with Crippen LogP contribution in [-0.2, 0) is 11.2 Å². The maximum Gasteiger partial charge on any atom is 0.258 e. The van der Waals surface area contributed by atoms with Gasteiger partial charge in [0.15, 0.2) is 0 Å². The maximum atomic E-state index is 12.8. The van der Waals surface area contributed by atoms with Crippen molar-refractivity contribution in [2.45, 2.75) is 38.6 Å². The molecule has 4 nitrogen and oxygen atoms in total. The fourth-order valence-corrected chi connectivity index (χ4v) is 4.05. The predicted molar refractivity (Wildman–Crippen MR) is 117 cm³/mol. The summed E-state index contributed by atoms with van der Waals surface area (Å²) in [4.78, 5) is 26.9. The monoisotopic (exact) mass is 386 g/mol. The second-order valence-electron chi connectivity index (χ2n) is 7.73. The maximum absolute atomic E-state index is 12.8. The van der Waals surface area contributed by atoms with Crippen molar-refractivity contribution in [3.05, 3.63) is 77.9 Å². The molecule has 3 aromatic carbocycles. The number of hydrogen-bond donors (Lipinski definition) is 1. The number of rotatable bonds is 8. The van der Waals surface area contributed by atoms with Gasteiger partial charge in [-0.25, -0.2) is 0 Å². The van der Waals surface area contributed by atoms with Crippen LogP contribution in [-0.4, -0.2) is 24.4 Å².